The van der Waals surface area contributed by atoms with Crippen LogP contribution < -0.4 is 0 Å². The Labute approximate surface area is 367 Å². The van der Waals surface area contributed by atoms with Gasteiger partial charge in [-0.15, -0.1) is 0 Å². The van der Waals surface area contributed by atoms with E-state index in [1.54, 1.807) is 0 Å². The van der Waals surface area contributed by atoms with Crippen molar-refractivity contribution in [2.45, 2.75) is 219 Å². The number of esters is 2. The molecule has 1 aliphatic heterocycles. The topological polar surface area (TPSA) is 110 Å². The zero-order valence-electron chi connectivity index (χ0n) is 39.1. The second kappa shape index (κ2) is 41.9. The Morgan fingerprint density at radius 1 is 0.567 bits per heavy atom. The average Bonchev–Trinajstić information content (AvgIpc) is 3.66. The number of rotatable bonds is 42. The van der Waals surface area contributed by atoms with E-state index in [0.29, 0.717) is 32.1 Å². The molecule has 0 spiro atoms. The summed E-state index contributed by atoms with van der Waals surface area (Å²) in [6.45, 7) is 9.08. The smallest absolute Gasteiger partial charge is 0.465 e. The van der Waals surface area contributed by atoms with E-state index in [0.717, 1.165) is 96.4 Å². The van der Waals surface area contributed by atoms with Gasteiger partial charge in [-0.3, -0.25) is 9.59 Å². The van der Waals surface area contributed by atoms with Crippen molar-refractivity contribution in [3.63, 3.8) is 0 Å². The van der Waals surface area contributed by atoms with Crippen LogP contribution in [0.5, 0.6) is 0 Å². The lowest BCUT2D eigenvalue weighted by Gasteiger charge is -2.20. The number of likely N-dealkylation sites (tertiary alicyclic amines) is 1. The Hall–Kier alpha value is -2.43. The third-order valence-electron chi connectivity index (χ3n) is 11.3. The summed E-state index contributed by atoms with van der Waals surface area (Å²) in [5.41, 5.74) is 0. The summed E-state index contributed by atoms with van der Waals surface area (Å²) < 4.78 is 34.2. The van der Waals surface area contributed by atoms with Crippen LogP contribution in [0.1, 0.15) is 207 Å². The van der Waals surface area contributed by atoms with E-state index < -0.39 is 24.3 Å². The number of nitrogens with zero attached hydrogens (tertiary/aromatic N) is 1. The summed E-state index contributed by atoms with van der Waals surface area (Å²) in [6, 6.07) is 0.408. The monoisotopic (exact) mass is 850 g/mol. The van der Waals surface area contributed by atoms with Crippen molar-refractivity contribution in [2.24, 2.45) is 5.92 Å². The Bertz CT molecular complexity index is 1050. The van der Waals surface area contributed by atoms with Crippen LogP contribution in [-0.4, -0.2) is 88.6 Å². The number of ether oxygens (including phenoxy) is 6. The first kappa shape index (κ1) is 55.6. The third-order valence-corrected chi connectivity index (χ3v) is 11.3. The Morgan fingerprint density at radius 3 is 1.65 bits per heavy atom. The SMILES string of the molecule is CCCCC/C=C\C/C=C\CCCCCCCC(=O)OCC(COC(=O)CCC(OCCCCCCCC)OCCCCCCCC)COC(=O)OCCC1CCCN1C. The molecule has 0 aromatic rings. The molecule has 1 saturated heterocycles. The standard InChI is InChI=1S/C50H91NO9/c1-5-8-11-14-17-18-19-20-21-22-23-24-25-26-29-34-47(52)58-42-45(44-60-50(54)57-41-37-46-33-32-38-51(46)4)43-59-48(53)35-36-49(55-39-30-27-15-12-9-6-2)56-40-31-28-16-13-10-7-3/h17-18,20-21,45-46,49H,5-16,19,22-44H2,1-4H3/b18-17-,21-20-. The van der Waals surface area contributed by atoms with E-state index in [2.05, 4.69) is 57.0 Å². The maximum atomic E-state index is 13.0. The van der Waals surface area contributed by atoms with Crippen LogP contribution in [0.4, 0.5) is 4.79 Å². The number of hydrogen-bond donors (Lipinski definition) is 0. The Kier molecular flexibility index (Phi) is 38.8. The molecule has 1 fully saturated rings. The molecule has 1 heterocycles. The minimum Gasteiger partial charge on any atom is -0.465 e. The molecule has 350 valence electrons. The Morgan fingerprint density at radius 2 is 1.07 bits per heavy atom. The number of hydrogen-bond acceptors (Lipinski definition) is 10. The molecule has 0 amide bonds. The first-order chi connectivity index (χ1) is 29.4. The highest BCUT2D eigenvalue weighted by atomic mass is 16.7. The highest BCUT2D eigenvalue weighted by molar-refractivity contribution is 5.69. The lowest BCUT2D eigenvalue weighted by molar-refractivity contribution is -0.161. The van der Waals surface area contributed by atoms with Gasteiger partial charge in [0.25, 0.3) is 0 Å². The molecule has 0 bridgehead atoms. The van der Waals surface area contributed by atoms with Gasteiger partial charge in [0, 0.05) is 32.1 Å². The first-order valence-electron chi connectivity index (χ1n) is 24.7. The van der Waals surface area contributed by atoms with E-state index in [1.165, 1.54) is 77.0 Å². The minimum atomic E-state index is -0.767. The lowest BCUT2D eigenvalue weighted by Crippen LogP contribution is -2.28. The molecular weight excluding hydrogens is 759 g/mol. The van der Waals surface area contributed by atoms with Crippen molar-refractivity contribution in [1.82, 2.24) is 4.90 Å². The molecule has 10 heteroatoms. The van der Waals surface area contributed by atoms with Gasteiger partial charge >= 0.3 is 18.1 Å². The fourth-order valence-corrected chi connectivity index (χ4v) is 7.29. The van der Waals surface area contributed by atoms with Crippen molar-refractivity contribution in [2.75, 3.05) is 53.2 Å². The lowest BCUT2D eigenvalue weighted by atomic mass is 10.1. The van der Waals surface area contributed by atoms with Crippen LogP contribution in [0.15, 0.2) is 24.3 Å². The molecule has 1 rings (SSSR count). The maximum Gasteiger partial charge on any atom is 0.508 e. The predicted octanol–water partition coefficient (Wildman–Crippen LogP) is 13.0. The summed E-state index contributed by atoms with van der Waals surface area (Å²) in [6.07, 6.45) is 38.1. The molecule has 0 saturated carbocycles. The zero-order valence-corrected chi connectivity index (χ0v) is 39.1. The van der Waals surface area contributed by atoms with Crippen molar-refractivity contribution in [3.8, 4) is 0 Å². The number of unbranched alkanes of at least 4 members (excludes halogenated alkanes) is 18. The summed E-state index contributed by atoms with van der Waals surface area (Å²) >= 11 is 0. The normalized spacial score (nSPS) is 15.1. The van der Waals surface area contributed by atoms with Crippen molar-refractivity contribution < 1.29 is 42.8 Å². The predicted molar refractivity (Wildman–Crippen MR) is 244 cm³/mol. The summed E-state index contributed by atoms with van der Waals surface area (Å²) in [7, 11) is 2.09. The average molecular weight is 850 g/mol. The molecule has 1 aliphatic rings. The minimum absolute atomic E-state index is 0.0160. The van der Waals surface area contributed by atoms with Crippen LogP contribution in [0.2, 0.25) is 0 Å². The van der Waals surface area contributed by atoms with Gasteiger partial charge in [0.1, 0.15) is 19.8 Å². The molecule has 60 heavy (non-hydrogen) atoms. The second-order valence-corrected chi connectivity index (χ2v) is 16.9. The largest absolute Gasteiger partial charge is 0.508 e. The van der Waals surface area contributed by atoms with Crippen LogP contribution in [0.25, 0.3) is 0 Å². The van der Waals surface area contributed by atoms with E-state index in [4.69, 9.17) is 28.4 Å². The van der Waals surface area contributed by atoms with Gasteiger partial charge in [-0.25, -0.2) is 4.79 Å². The molecule has 0 radical (unpaired) electrons. The zero-order chi connectivity index (χ0) is 43.6. The van der Waals surface area contributed by atoms with Gasteiger partial charge in [0.2, 0.25) is 0 Å². The molecule has 10 nitrogen and oxygen atoms in total. The van der Waals surface area contributed by atoms with Gasteiger partial charge in [0.15, 0.2) is 6.29 Å². The van der Waals surface area contributed by atoms with Crippen molar-refractivity contribution >= 4 is 18.1 Å². The first-order valence-corrected chi connectivity index (χ1v) is 24.7. The summed E-state index contributed by atoms with van der Waals surface area (Å²) in [5, 5.41) is 0. The van der Waals surface area contributed by atoms with E-state index in [1.807, 2.05) is 0 Å². The van der Waals surface area contributed by atoms with Gasteiger partial charge in [0.05, 0.1) is 18.9 Å². The van der Waals surface area contributed by atoms with Crippen LogP contribution >= 0.6 is 0 Å². The highest BCUT2D eigenvalue weighted by Gasteiger charge is 2.22. The second-order valence-electron chi connectivity index (χ2n) is 16.9. The number of allylic oxidation sites excluding steroid dienone is 4. The quantitative estimate of drug-likeness (QED) is 0.0194. The fraction of sp³-hybridized carbons (Fsp3) is 0.860. The summed E-state index contributed by atoms with van der Waals surface area (Å²) in [4.78, 5) is 40.4. The molecular formula is C50H91NO9. The van der Waals surface area contributed by atoms with Gasteiger partial charge < -0.3 is 33.3 Å². The molecule has 0 aromatic carbocycles. The van der Waals surface area contributed by atoms with Gasteiger partial charge in [-0.2, -0.15) is 0 Å². The molecule has 0 aromatic heterocycles. The van der Waals surface area contributed by atoms with Gasteiger partial charge in [-0.1, -0.05) is 141 Å². The van der Waals surface area contributed by atoms with Gasteiger partial charge in [-0.05, 0) is 84.2 Å². The van der Waals surface area contributed by atoms with Crippen molar-refractivity contribution in [1.29, 1.82) is 0 Å². The maximum absolute atomic E-state index is 13.0. The summed E-state index contributed by atoms with van der Waals surface area (Å²) in [5.74, 6) is -1.20. The fourth-order valence-electron chi connectivity index (χ4n) is 7.29. The molecule has 0 N–H and O–H groups in total. The molecule has 2 atom stereocenters. The van der Waals surface area contributed by atoms with Crippen LogP contribution in [-0.2, 0) is 38.0 Å². The molecule has 2 unspecified atom stereocenters. The number of carbonyl (C=O) groups excluding carboxylic acids is 3. The third kappa shape index (κ3) is 35.2. The van der Waals surface area contributed by atoms with E-state index in [-0.39, 0.29) is 38.8 Å². The van der Waals surface area contributed by atoms with Crippen molar-refractivity contribution in [3.05, 3.63) is 24.3 Å². The molecule has 0 aliphatic carbocycles. The Balaban J connectivity index is 2.51. The number of carbonyl (C=O) groups is 3. The van der Waals surface area contributed by atoms with E-state index in [9.17, 15) is 14.4 Å². The van der Waals surface area contributed by atoms with E-state index >= 15 is 0 Å². The highest BCUT2D eigenvalue weighted by Crippen LogP contribution is 2.18. The van der Waals surface area contributed by atoms with Crippen LogP contribution in [0.3, 0.4) is 0 Å². The van der Waals surface area contributed by atoms with Crippen LogP contribution in [0, 0.1) is 5.92 Å².